The molecule has 21 heavy (non-hydrogen) atoms. The van der Waals surface area contributed by atoms with Crippen LogP contribution >= 0.6 is 0 Å². The molecule has 1 heterocycles. The Morgan fingerprint density at radius 2 is 1.57 bits per heavy atom. The summed E-state index contributed by atoms with van der Waals surface area (Å²) < 4.78 is 25.0. The van der Waals surface area contributed by atoms with Gasteiger partial charge in [0.05, 0.1) is 4.90 Å². The van der Waals surface area contributed by atoms with Crippen LogP contribution in [0.15, 0.2) is 71.9 Å². The predicted molar refractivity (Wildman–Crippen MR) is 82.8 cm³/mol. The average molecular weight is 298 g/mol. The first-order chi connectivity index (χ1) is 10.0. The third-order valence-corrected chi connectivity index (χ3v) is 4.59. The molecule has 3 aromatic rings. The predicted octanol–water partition coefficient (Wildman–Crippen LogP) is 2.58. The minimum absolute atomic E-state index is 0.356. The van der Waals surface area contributed by atoms with Gasteiger partial charge < -0.3 is 0 Å². The molecule has 0 fully saturated rings. The van der Waals surface area contributed by atoms with Gasteiger partial charge in [-0.3, -0.25) is 0 Å². The quantitative estimate of drug-likeness (QED) is 0.697. The Bertz CT molecular complexity index is 884. The summed E-state index contributed by atoms with van der Waals surface area (Å²) in [7, 11) is -3.13. The van der Waals surface area contributed by atoms with Gasteiger partial charge in [0.1, 0.15) is 0 Å². The smallest absolute Gasteiger partial charge is 0.176 e. The first-order valence-corrected chi connectivity index (χ1v) is 8.58. The van der Waals surface area contributed by atoms with E-state index in [2.05, 4.69) is 29.0 Å². The topological polar surface area (TPSA) is 38.0 Å². The van der Waals surface area contributed by atoms with Gasteiger partial charge in [0.2, 0.25) is 0 Å². The Labute approximate surface area is 124 Å². The van der Waals surface area contributed by atoms with Crippen LogP contribution in [0.1, 0.15) is 5.56 Å². The van der Waals surface area contributed by atoms with Crippen LogP contribution in [0, 0.1) is 0 Å². The van der Waals surface area contributed by atoms with Crippen molar-refractivity contribution in [1.82, 2.24) is 0 Å². The lowest BCUT2D eigenvalue weighted by Crippen LogP contribution is -2.33. The Hall–Kier alpha value is -2.20. The first kappa shape index (κ1) is 13.8. The van der Waals surface area contributed by atoms with Crippen molar-refractivity contribution < 1.29 is 13.0 Å². The lowest BCUT2D eigenvalue weighted by atomic mass is 10.1. The third-order valence-electron chi connectivity index (χ3n) is 3.46. The molecular formula is C17H16NO2S+. The van der Waals surface area contributed by atoms with Crippen molar-refractivity contribution in [1.29, 1.82) is 0 Å². The van der Waals surface area contributed by atoms with Gasteiger partial charge in [0, 0.05) is 23.3 Å². The van der Waals surface area contributed by atoms with Crippen molar-refractivity contribution in [2.24, 2.45) is 0 Å². The summed E-state index contributed by atoms with van der Waals surface area (Å²) in [4.78, 5) is 0.356. The molecule has 0 aliphatic heterocycles. The lowest BCUT2D eigenvalue weighted by molar-refractivity contribution is -0.687. The molecule has 0 radical (unpaired) electrons. The van der Waals surface area contributed by atoms with Crippen molar-refractivity contribution in [3.8, 4) is 0 Å². The largest absolute Gasteiger partial charge is 0.224 e. The summed E-state index contributed by atoms with van der Waals surface area (Å²) in [5, 5.41) is 2.40. The van der Waals surface area contributed by atoms with E-state index in [1.807, 2.05) is 30.5 Å². The van der Waals surface area contributed by atoms with Gasteiger partial charge >= 0.3 is 0 Å². The monoisotopic (exact) mass is 298 g/mol. The van der Waals surface area contributed by atoms with Crippen LogP contribution in [-0.2, 0) is 16.4 Å². The molecule has 3 rings (SSSR count). The number of fused-ring (bicyclic) bond motifs is 1. The van der Waals surface area contributed by atoms with Gasteiger partial charge in [-0.25, -0.2) is 13.0 Å². The van der Waals surface area contributed by atoms with Gasteiger partial charge in [-0.1, -0.05) is 30.3 Å². The van der Waals surface area contributed by atoms with E-state index in [1.54, 1.807) is 12.1 Å². The minimum Gasteiger partial charge on any atom is -0.224 e. The number of sulfone groups is 1. The Balaban J connectivity index is 1.88. The molecule has 2 aromatic carbocycles. The van der Waals surface area contributed by atoms with Crippen molar-refractivity contribution in [2.75, 3.05) is 6.26 Å². The van der Waals surface area contributed by atoms with Gasteiger partial charge in [-0.15, -0.1) is 0 Å². The van der Waals surface area contributed by atoms with Crippen LogP contribution in [0.4, 0.5) is 0 Å². The number of pyridine rings is 1. The van der Waals surface area contributed by atoms with Crippen molar-refractivity contribution >= 4 is 20.6 Å². The second-order valence-corrected chi connectivity index (χ2v) is 7.18. The summed E-state index contributed by atoms with van der Waals surface area (Å²) in [5.41, 5.74) is 1.07. The van der Waals surface area contributed by atoms with E-state index >= 15 is 0 Å². The number of hydrogen-bond acceptors (Lipinski definition) is 2. The van der Waals surface area contributed by atoms with Gasteiger partial charge in [-0.2, -0.15) is 0 Å². The van der Waals surface area contributed by atoms with Crippen LogP contribution in [0.2, 0.25) is 0 Å². The fraction of sp³-hybridized carbons (Fsp3) is 0.118. The summed E-state index contributed by atoms with van der Waals surface area (Å²) in [6.45, 7) is 0.717. The Morgan fingerprint density at radius 3 is 2.24 bits per heavy atom. The molecule has 4 heteroatoms. The number of benzene rings is 2. The van der Waals surface area contributed by atoms with E-state index in [1.165, 1.54) is 17.0 Å². The second kappa shape index (κ2) is 5.30. The molecule has 0 amide bonds. The normalized spacial score (nSPS) is 11.7. The molecule has 0 spiro atoms. The zero-order valence-electron chi connectivity index (χ0n) is 11.7. The van der Waals surface area contributed by atoms with Crippen LogP contribution in [0.5, 0.6) is 0 Å². The first-order valence-electron chi connectivity index (χ1n) is 6.69. The van der Waals surface area contributed by atoms with Crippen LogP contribution in [0.3, 0.4) is 0 Å². The molecule has 0 atom stereocenters. The molecule has 106 valence electrons. The lowest BCUT2D eigenvalue weighted by Gasteiger charge is -2.02. The number of hydrogen-bond donors (Lipinski definition) is 0. The number of nitrogens with zero attached hydrogens (tertiary/aromatic N) is 1. The number of rotatable bonds is 3. The highest BCUT2D eigenvalue weighted by atomic mass is 32.2. The van der Waals surface area contributed by atoms with Crippen molar-refractivity contribution in [3.63, 3.8) is 0 Å². The third kappa shape index (κ3) is 3.11. The fourth-order valence-corrected chi connectivity index (χ4v) is 2.96. The SMILES string of the molecule is CS(=O)(=O)c1ccc(C[n+]2ccc3ccccc3c2)cc1. The Morgan fingerprint density at radius 1 is 0.905 bits per heavy atom. The van der Waals surface area contributed by atoms with Crippen molar-refractivity contribution in [3.05, 3.63) is 72.6 Å². The van der Waals surface area contributed by atoms with Gasteiger partial charge in [0.15, 0.2) is 28.8 Å². The highest BCUT2D eigenvalue weighted by molar-refractivity contribution is 7.90. The maximum absolute atomic E-state index is 11.4. The maximum atomic E-state index is 11.4. The second-order valence-electron chi connectivity index (χ2n) is 5.16. The van der Waals surface area contributed by atoms with Gasteiger partial charge in [0.25, 0.3) is 0 Å². The Kier molecular flexibility index (Phi) is 3.47. The average Bonchev–Trinajstić information content (AvgIpc) is 2.47. The molecule has 1 aromatic heterocycles. The molecule has 0 aliphatic rings. The van der Waals surface area contributed by atoms with E-state index in [0.29, 0.717) is 4.90 Å². The number of aromatic nitrogens is 1. The fourth-order valence-electron chi connectivity index (χ4n) is 2.33. The van der Waals surface area contributed by atoms with Crippen LogP contribution < -0.4 is 4.57 Å². The van der Waals surface area contributed by atoms with E-state index in [0.717, 1.165) is 12.1 Å². The van der Waals surface area contributed by atoms with E-state index in [4.69, 9.17) is 0 Å². The van der Waals surface area contributed by atoms with E-state index < -0.39 is 9.84 Å². The highest BCUT2D eigenvalue weighted by Gasteiger charge is 2.08. The molecule has 0 N–H and O–H groups in total. The molecule has 3 nitrogen and oxygen atoms in total. The summed E-state index contributed by atoms with van der Waals surface area (Å²) >= 11 is 0. The summed E-state index contributed by atoms with van der Waals surface area (Å²) in [6.07, 6.45) is 5.35. The van der Waals surface area contributed by atoms with Gasteiger partial charge in [-0.05, 0) is 23.6 Å². The molecule has 0 saturated heterocycles. The van der Waals surface area contributed by atoms with E-state index in [9.17, 15) is 8.42 Å². The maximum Gasteiger partial charge on any atom is 0.176 e. The van der Waals surface area contributed by atoms with Crippen LogP contribution in [-0.4, -0.2) is 14.7 Å². The molecule has 0 aliphatic carbocycles. The summed E-state index contributed by atoms with van der Waals surface area (Å²) in [5.74, 6) is 0. The molecule has 0 unspecified atom stereocenters. The summed E-state index contributed by atoms with van der Waals surface area (Å²) in [6, 6.07) is 17.3. The van der Waals surface area contributed by atoms with E-state index in [-0.39, 0.29) is 0 Å². The minimum atomic E-state index is -3.13. The zero-order valence-corrected chi connectivity index (χ0v) is 12.5. The van der Waals surface area contributed by atoms with Crippen molar-refractivity contribution in [2.45, 2.75) is 11.4 Å². The highest BCUT2D eigenvalue weighted by Crippen LogP contribution is 2.12. The molecule has 0 bridgehead atoms. The van der Waals surface area contributed by atoms with Crippen LogP contribution in [0.25, 0.3) is 10.8 Å². The molecule has 0 saturated carbocycles. The zero-order chi connectivity index (χ0) is 14.9. The molecular weight excluding hydrogens is 282 g/mol. The standard InChI is InChI=1S/C17H16NO2S/c1-21(19,20)17-8-6-14(7-9-17)12-18-11-10-15-4-2-3-5-16(15)13-18/h2-11,13H,12H2,1H3/q+1.